The van der Waals surface area contributed by atoms with Gasteiger partial charge in [0, 0.05) is 0 Å². The standard InChI is InChI=1S/C23H30F3N4O8P/c1-12(2)35-20(32)13(3)29-39(34,38-15-8-6-5-7-9-15)37-14(4)17-18(31)23(26,11-24)21(36-17)30-10-16(25)19(27)28-22(30)33/h5-10,12-14,17-18,21,31H,11H2,1-4H3,(H,29,34)(H2,27,28,33)/t13-,14-,17+,18?,21+,23+,39-/m0/s1. The first-order valence-electron chi connectivity index (χ1n) is 11.8. The van der Waals surface area contributed by atoms with Crippen LogP contribution in [0, 0.1) is 5.82 Å². The Hall–Kier alpha value is -2.97. The molecule has 2 heterocycles. The van der Waals surface area contributed by atoms with Gasteiger partial charge in [-0.2, -0.15) is 10.1 Å². The van der Waals surface area contributed by atoms with E-state index in [1.54, 1.807) is 32.0 Å². The molecule has 1 aliphatic rings. The number of para-hydroxylation sites is 1. The third kappa shape index (κ3) is 6.79. The van der Waals surface area contributed by atoms with Gasteiger partial charge < -0.3 is 24.8 Å². The Morgan fingerprint density at radius 3 is 2.54 bits per heavy atom. The minimum atomic E-state index is -4.51. The number of nitrogen functional groups attached to an aromatic ring is 1. The van der Waals surface area contributed by atoms with Crippen LogP contribution in [-0.2, 0) is 23.4 Å². The maximum atomic E-state index is 15.7. The Morgan fingerprint density at radius 2 is 1.95 bits per heavy atom. The van der Waals surface area contributed by atoms with Gasteiger partial charge in [0.2, 0.25) is 5.67 Å². The molecule has 0 aliphatic carbocycles. The summed E-state index contributed by atoms with van der Waals surface area (Å²) in [6.07, 6.45) is -7.76. The third-order valence-electron chi connectivity index (χ3n) is 5.68. The van der Waals surface area contributed by atoms with Gasteiger partial charge in [-0.3, -0.25) is 13.9 Å². The zero-order chi connectivity index (χ0) is 29.1. The molecule has 0 saturated carbocycles. The Labute approximate surface area is 221 Å². The first-order chi connectivity index (χ1) is 18.2. The molecule has 16 heteroatoms. The van der Waals surface area contributed by atoms with E-state index in [9.17, 15) is 28.0 Å². The number of nitrogens with zero attached hydrogens (tertiary/aromatic N) is 2. The first-order valence-corrected chi connectivity index (χ1v) is 13.4. The topological polar surface area (TPSA) is 164 Å². The van der Waals surface area contributed by atoms with Gasteiger partial charge in [-0.15, -0.1) is 0 Å². The van der Waals surface area contributed by atoms with Crippen LogP contribution >= 0.6 is 7.75 Å². The summed E-state index contributed by atoms with van der Waals surface area (Å²) in [7, 11) is -4.51. The number of rotatable bonds is 11. The maximum absolute atomic E-state index is 15.7. The molecule has 1 saturated heterocycles. The largest absolute Gasteiger partial charge is 0.462 e. The molecule has 39 heavy (non-hydrogen) atoms. The van der Waals surface area contributed by atoms with Gasteiger partial charge in [-0.1, -0.05) is 18.2 Å². The van der Waals surface area contributed by atoms with E-state index in [0.717, 1.165) is 0 Å². The number of hydrogen-bond donors (Lipinski definition) is 3. The van der Waals surface area contributed by atoms with Crippen molar-refractivity contribution in [1.82, 2.24) is 14.6 Å². The molecular weight excluding hydrogens is 548 g/mol. The van der Waals surface area contributed by atoms with Crippen LogP contribution in [0.25, 0.3) is 0 Å². The van der Waals surface area contributed by atoms with Crippen LogP contribution in [0.2, 0.25) is 0 Å². The zero-order valence-corrected chi connectivity index (χ0v) is 22.4. The molecule has 0 bridgehead atoms. The maximum Gasteiger partial charge on any atom is 0.459 e. The molecule has 3 rings (SSSR count). The fourth-order valence-electron chi connectivity index (χ4n) is 3.79. The van der Waals surface area contributed by atoms with Crippen molar-refractivity contribution in [2.75, 3.05) is 12.4 Å². The van der Waals surface area contributed by atoms with E-state index in [-0.39, 0.29) is 5.75 Å². The van der Waals surface area contributed by atoms with Crippen LogP contribution in [0.5, 0.6) is 5.75 Å². The Kier molecular flexibility index (Phi) is 9.44. The molecule has 4 N–H and O–H groups in total. The van der Waals surface area contributed by atoms with Crippen LogP contribution in [-0.4, -0.2) is 63.4 Å². The van der Waals surface area contributed by atoms with Gasteiger partial charge in [-0.05, 0) is 39.8 Å². The molecule has 0 spiro atoms. The van der Waals surface area contributed by atoms with E-state index in [1.165, 1.54) is 26.0 Å². The predicted molar refractivity (Wildman–Crippen MR) is 132 cm³/mol. The van der Waals surface area contributed by atoms with E-state index in [0.29, 0.717) is 10.8 Å². The molecule has 7 atom stereocenters. The summed E-state index contributed by atoms with van der Waals surface area (Å²) in [5, 5.41) is 13.1. The summed E-state index contributed by atoms with van der Waals surface area (Å²) >= 11 is 0. The number of aromatic nitrogens is 2. The van der Waals surface area contributed by atoms with Crippen molar-refractivity contribution < 1.29 is 46.2 Å². The van der Waals surface area contributed by atoms with Crippen LogP contribution in [0.1, 0.15) is 33.9 Å². The molecular formula is C23H30F3N4O8P. The summed E-state index contributed by atoms with van der Waals surface area (Å²) in [6, 6.07) is 6.48. The second-order valence-corrected chi connectivity index (χ2v) is 10.8. The molecule has 12 nitrogen and oxygen atoms in total. The normalized spacial score (nSPS) is 26.1. The molecule has 0 radical (unpaired) electrons. The minimum absolute atomic E-state index is 0.0642. The average molecular weight is 578 g/mol. The van der Waals surface area contributed by atoms with Crippen LogP contribution < -0.4 is 21.0 Å². The summed E-state index contributed by atoms with van der Waals surface area (Å²) < 4.78 is 79.4. The number of alkyl halides is 2. The lowest BCUT2D eigenvalue weighted by Crippen LogP contribution is -2.48. The Balaban J connectivity index is 1.91. The third-order valence-corrected chi connectivity index (χ3v) is 7.45. The van der Waals surface area contributed by atoms with E-state index < -0.39 is 80.1 Å². The lowest BCUT2D eigenvalue weighted by atomic mass is 9.95. The lowest BCUT2D eigenvalue weighted by molar-refractivity contribution is -0.149. The van der Waals surface area contributed by atoms with Gasteiger partial charge in [0.1, 0.15) is 30.7 Å². The van der Waals surface area contributed by atoms with Crippen LogP contribution in [0.3, 0.4) is 0 Å². The van der Waals surface area contributed by atoms with Gasteiger partial charge in [0.25, 0.3) is 0 Å². The number of hydrogen-bond acceptors (Lipinski definition) is 10. The summed E-state index contributed by atoms with van der Waals surface area (Å²) in [4.78, 5) is 27.8. The molecule has 2 aromatic rings. The number of nitrogens with one attached hydrogen (secondary N) is 1. The second-order valence-electron chi connectivity index (χ2n) is 9.17. The number of carbonyl (C=O) groups is 1. The number of esters is 1. The monoisotopic (exact) mass is 578 g/mol. The highest BCUT2D eigenvalue weighted by molar-refractivity contribution is 7.52. The highest BCUT2D eigenvalue weighted by Crippen LogP contribution is 2.50. The van der Waals surface area contributed by atoms with Crippen molar-refractivity contribution in [3.8, 4) is 5.75 Å². The van der Waals surface area contributed by atoms with Gasteiger partial charge in [-0.25, -0.2) is 22.5 Å². The number of nitrogens with two attached hydrogens (primary N) is 1. The SMILES string of the molecule is CC(C)OC(=O)[C@H](C)N[P@@](=O)(Oc1ccccc1)O[C@@H](C)[C@H]1O[C@@H](n2cc(F)c(N)nc2=O)[C@@](F)(CF)C1O. The smallest absolute Gasteiger partial charge is 0.459 e. The van der Waals surface area contributed by atoms with E-state index in [4.69, 9.17) is 24.3 Å². The van der Waals surface area contributed by atoms with Crippen LogP contribution in [0.15, 0.2) is 41.3 Å². The fraction of sp³-hybridized carbons (Fsp3) is 0.522. The number of benzene rings is 1. The number of anilines is 1. The van der Waals surface area contributed by atoms with Crippen molar-refractivity contribution in [3.05, 3.63) is 52.8 Å². The van der Waals surface area contributed by atoms with E-state index in [1.807, 2.05) is 0 Å². The number of aliphatic hydroxyl groups excluding tert-OH is 1. The molecule has 1 fully saturated rings. The predicted octanol–water partition coefficient (Wildman–Crippen LogP) is 2.42. The highest BCUT2D eigenvalue weighted by atomic mass is 31.2. The number of aliphatic hydroxyl groups is 1. The van der Waals surface area contributed by atoms with Crippen molar-refractivity contribution in [2.24, 2.45) is 0 Å². The molecule has 0 amide bonds. The molecule has 216 valence electrons. The molecule has 1 aromatic carbocycles. The summed E-state index contributed by atoms with van der Waals surface area (Å²) in [5.74, 6) is -2.71. The van der Waals surface area contributed by atoms with E-state index in [2.05, 4.69) is 10.1 Å². The fourth-order valence-corrected chi connectivity index (χ4v) is 5.49. The Morgan fingerprint density at radius 1 is 1.31 bits per heavy atom. The van der Waals surface area contributed by atoms with Crippen molar-refractivity contribution in [3.63, 3.8) is 0 Å². The quantitative estimate of drug-likeness (QED) is 0.265. The number of carbonyl (C=O) groups excluding carboxylic acids is 1. The van der Waals surface area contributed by atoms with Crippen LogP contribution in [0.4, 0.5) is 19.0 Å². The van der Waals surface area contributed by atoms with Crippen molar-refractivity contribution in [1.29, 1.82) is 0 Å². The zero-order valence-electron chi connectivity index (χ0n) is 21.5. The Bertz CT molecular complexity index is 1270. The molecule has 1 aliphatic heterocycles. The summed E-state index contributed by atoms with van der Waals surface area (Å²) in [6.45, 7) is 3.91. The molecule has 1 aromatic heterocycles. The van der Waals surface area contributed by atoms with Gasteiger partial charge in [0.05, 0.1) is 18.4 Å². The average Bonchev–Trinajstić information content (AvgIpc) is 3.12. The number of halogens is 3. The van der Waals surface area contributed by atoms with Crippen molar-refractivity contribution in [2.45, 2.75) is 70.0 Å². The molecule has 1 unspecified atom stereocenters. The lowest BCUT2D eigenvalue weighted by Gasteiger charge is -2.29. The van der Waals surface area contributed by atoms with Crippen molar-refractivity contribution >= 4 is 19.5 Å². The number of ether oxygens (including phenoxy) is 2. The summed E-state index contributed by atoms with van der Waals surface area (Å²) in [5.41, 5.74) is 0.717. The van der Waals surface area contributed by atoms with Gasteiger partial charge >= 0.3 is 19.4 Å². The first kappa shape index (κ1) is 30.6. The minimum Gasteiger partial charge on any atom is -0.462 e. The second kappa shape index (κ2) is 12.0. The van der Waals surface area contributed by atoms with E-state index >= 15 is 4.39 Å². The van der Waals surface area contributed by atoms with Gasteiger partial charge in [0.15, 0.2) is 17.9 Å². The highest BCUT2D eigenvalue weighted by Gasteiger charge is 2.61.